The number of fused-ring (bicyclic) bond motifs is 6. The number of hydrogen-bond acceptors (Lipinski definition) is 8. The molecule has 0 N–H and O–H groups in total. The van der Waals surface area contributed by atoms with Gasteiger partial charge in [0.2, 0.25) is 9.84 Å². The van der Waals surface area contributed by atoms with E-state index >= 15 is 8.42 Å². The van der Waals surface area contributed by atoms with Gasteiger partial charge in [-0.3, -0.25) is 0 Å². The minimum atomic E-state index is -4.47. The van der Waals surface area contributed by atoms with Crippen LogP contribution in [0, 0.1) is 10.8 Å². The molecule has 0 fully saturated rings. The SMILES string of the molecule is CC(C)(C)CC(C)(C)c1ccc(Op2oc3ccccc3c3ccccc3o2)c(S(=O)(=O)c2cc(C(C)(C)CC(C)(C)C)ccc2Op2oc3ccccc3c3ccccc3o2)c1. The Balaban J connectivity index is 1.36. The fourth-order valence-corrected chi connectivity index (χ4v) is 12.9. The maximum atomic E-state index is 15.9. The lowest BCUT2D eigenvalue weighted by Crippen LogP contribution is -2.25. The Morgan fingerprint density at radius 2 is 0.714 bits per heavy atom. The van der Waals surface area contributed by atoms with Crippen molar-refractivity contribution in [1.82, 2.24) is 0 Å². The Hall–Kier alpha value is -5.33. The van der Waals surface area contributed by atoms with Crippen molar-refractivity contribution in [1.29, 1.82) is 0 Å². The van der Waals surface area contributed by atoms with Gasteiger partial charge in [-0.25, -0.2) is 8.42 Å². The van der Waals surface area contributed by atoms with Crippen molar-refractivity contribution < 1.29 is 34.3 Å². The van der Waals surface area contributed by atoms with Crippen molar-refractivity contribution in [2.24, 2.45) is 10.8 Å². The number of hydrogen-bond donors (Lipinski definition) is 0. The first-order valence-corrected chi connectivity index (χ1v) is 24.9. The lowest BCUT2D eigenvalue weighted by atomic mass is 9.72. The summed E-state index contributed by atoms with van der Waals surface area (Å²) >= 11 is 0. The van der Waals surface area contributed by atoms with Gasteiger partial charge >= 0.3 is 16.5 Å². The standard InChI is InChI=1S/C52H56O8P2S/c1-49(2,3)33-51(7,8)35-27-29-45(59-61-55-41-23-15-11-19-37(41)38-20-12-16-24-42(38)56-61)47(31-35)63(53,54)48-32-36(52(9,10)34-50(4,5)6)28-30-46(48)60-62-57-43-25-17-13-21-39(43)40-22-14-18-26-44(40)58-62/h11-32H,33-34H2,1-10H3. The summed E-state index contributed by atoms with van der Waals surface area (Å²) in [5, 5.41) is 3.39. The molecule has 8 rings (SSSR count). The van der Waals surface area contributed by atoms with Gasteiger partial charge in [-0.2, -0.15) is 0 Å². The molecule has 8 nitrogen and oxygen atoms in total. The van der Waals surface area contributed by atoms with Crippen LogP contribution in [0.2, 0.25) is 0 Å². The van der Waals surface area contributed by atoms with Crippen molar-refractivity contribution in [3.63, 3.8) is 0 Å². The number of para-hydroxylation sites is 4. The summed E-state index contributed by atoms with van der Waals surface area (Å²) in [6, 6.07) is 41.5. The van der Waals surface area contributed by atoms with Crippen molar-refractivity contribution in [3.05, 3.63) is 145 Å². The summed E-state index contributed by atoms with van der Waals surface area (Å²) in [5.74, 6) is 0.184. The van der Waals surface area contributed by atoms with Crippen LogP contribution in [0.4, 0.5) is 0 Å². The van der Waals surface area contributed by atoms with E-state index in [0.29, 0.717) is 22.3 Å². The first-order chi connectivity index (χ1) is 29.7. The van der Waals surface area contributed by atoms with E-state index in [1.807, 2.05) is 109 Å². The van der Waals surface area contributed by atoms with Crippen LogP contribution in [0.3, 0.4) is 0 Å². The molecular weight excluding hydrogens is 847 g/mol. The maximum Gasteiger partial charge on any atom is 0.453 e. The van der Waals surface area contributed by atoms with Gasteiger partial charge in [0, 0.05) is 21.5 Å². The molecule has 0 bridgehead atoms. The summed E-state index contributed by atoms with van der Waals surface area (Å²) < 4.78 is 71.0. The van der Waals surface area contributed by atoms with Gasteiger partial charge in [0.15, 0.2) is 11.5 Å². The quantitative estimate of drug-likeness (QED) is 0.134. The molecule has 8 aromatic rings. The molecule has 0 spiro atoms. The zero-order valence-corrected chi connectivity index (χ0v) is 40.3. The maximum absolute atomic E-state index is 15.9. The van der Waals surface area contributed by atoms with E-state index in [2.05, 4.69) is 69.2 Å². The van der Waals surface area contributed by atoms with Crippen LogP contribution >= 0.6 is 16.5 Å². The average molecular weight is 903 g/mol. The van der Waals surface area contributed by atoms with E-state index in [1.54, 1.807) is 24.3 Å². The summed E-state index contributed by atoms with van der Waals surface area (Å²) in [6.07, 6.45) is 1.58. The smallest absolute Gasteiger partial charge is 0.390 e. The third-order valence-electron chi connectivity index (χ3n) is 11.1. The largest absolute Gasteiger partial charge is 0.453 e. The third-order valence-corrected chi connectivity index (χ3v) is 15.0. The van der Waals surface area contributed by atoms with Crippen LogP contribution < -0.4 is 9.05 Å². The van der Waals surface area contributed by atoms with Gasteiger partial charge in [-0.15, -0.1) is 0 Å². The molecule has 0 saturated carbocycles. The summed E-state index contributed by atoms with van der Waals surface area (Å²) in [7, 11) is -8.84. The monoisotopic (exact) mass is 902 g/mol. The summed E-state index contributed by atoms with van der Waals surface area (Å²) in [5.41, 5.74) is 3.04. The second-order valence-corrected chi connectivity index (χ2v) is 23.9. The minimum Gasteiger partial charge on any atom is -0.390 e. The van der Waals surface area contributed by atoms with Crippen LogP contribution in [0.1, 0.15) is 93.2 Å². The molecule has 6 aromatic carbocycles. The van der Waals surface area contributed by atoms with Gasteiger partial charge in [0.1, 0.15) is 32.1 Å². The lowest BCUT2D eigenvalue weighted by Gasteiger charge is -2.33. The second-order valence-electron chi connectivity index (χ2n) is 20.0. The normalized spacial score (nSPS) is 12.9. The van der Waals surface area contributed by atoms with Gasteiger partial charge in [0.25, 0.3) is 0 Å². The van der Waals surface area contributed by atoms with Gasteiger partial charge < -0.3 is 25.8 Å². The van der Waals surface area contributed by atoms with E-state index < -0.39 is 37.1 Å². The highest BCUT2D eigenvalue weighted by Crippen LogP contribution is 2.48. The Kier molecular flexibility index (Phi) is 11.7. The van der Waals surface area contributed by atoms with E-state index in [1.165, 1.54) is 0 Å². The van der Waals surface area contributed by atoms with Gasteiger partial charge in [0.05, 0.1) is 0 Å². The highest BCUT2D eigenvalue weighted by molar-refractivity contribution is 7.91. The van der Waals surface area contributed by atoms with Crippen molar-refractivity contribution in [3.8, 4) is 11.5 Å². The highest BCUT2D eigenvalue weighted by atomic mass is 32.2. The van der Waals surface area contributed by atoms with Gasteiger partial charge in [-0.1, -0.05) is 154 Å². The first kappa shape index (κ1) is 44.3. The molecule has 2 heterocycles. The topological polar surface area (TPSA) is 105 Å². The Labute approximate surface area is 372 Å². The molecule has 0 aliphatic carbocycles. The lowest BCUT2D eigenvalue weighted by molar-refractivity contribution is 0.283. The molecule has 0 atom stereocenters. The predicted molar refractivity (Wildman–Crippen MR) is 257 cm³/mol. The fraction of sp³-hybridized carbons (Fsp3) is 0.308. The molecule has 328 valence electrons. The Morgan fingerprint density at radius 1 is 0.429 bits per heavy atom. The molecule has 11 heteroatoms. The molecular formula is C52H56O8P2S. The second kappa shape index (κ2) is 16.7. The molecule has 63 heavy (non-hydrogen) atoms. The number of benzene rings is 6. The molecule has 0 saturated heterocycles. The van der Waals surface area contributed by atoms with E-state index in [4.69, 9.17) is 25.8 Å². The first-order valence-electron chi connectivity index (χ1n) is 21.3. The Morgan fingerprint density at radius 3 is 1.00 bits per heavy atom. The van der Waals surface area contributed by atoms with Crippen LogP contribution in [0.5, 0.6) is 11.5 Å². The molecule has 2 aromatic heterocycles. The summed E-state index contributed by atoms with van der Waals surface area (Å²) in [4.78, 5) is -0.0754. The summed E-state index contributed by atoms with van der Waals surface area (Å²) in [6.45, 7) is 21.7. The zero-order chi connectivity index (χ0) is 45.0. The van der Waals surface area contributed by atoms with E-state index in [0.717, 1.165) is 45.5 Å². The van der Waals surface area contributed by atoms with Crippen LogP contribution in [0.25, 0.3) is 43.9 Å². The predicted octanol–water partition coefficient (Wildman–Crippen LogP) is 16.8. The van der Waals surface area contributed by atoms with Crippen molar-refractivity contribution in [2.75, 3.05) is 0 Å². The zero-order valence-electron chi connectivity index (χ0n) is 37.7. The van der Waals surface area contributed by atoms with E-state index in [9.17, 15) is 0 Å². The molecule has 0 radical (unpaired) electrons. The minimum absolute atomic E-state index is 0.0377. The molecule has 0 aliphatic rings. The van der Waals surface area contributed by atoms with Gasteiger partial charge in [-0.05, 0) is 94.2 Å². The van der Waals surface area contributed by atoms with Crippen molar-refractivity contribution >= 4 is 70.2 Å². The molecule has 0 unspecified atom stereocenters. The average Bonchev–Trinajstić information content (AvgIpc) is 3.46. The highest BCUT2D eigenvalue weighted by Gasteiger charge is 2.35. The molecule has 0 aliphatic heterocycles. The number of rotatable bonds is 10. The third kappa shape index (κ3) is 9.62. The van der Waals surface area contributed by atoms with E-state index in [-0.39, 0.29) is 32.1 Å². The number of sulfone groups is 1. The van der Waals surface area contributed by atoms with Crippen LogP contribution in [-0.4, -0.2) is 8.42 Å². The molecule has 0 amide bonds. The van der Waals surface area contributed by atoms with Crippen LogP contribution in [0.15, 0.2) is 160 Å². The van der Waals surface area contributed by atoms with Crippen LogP contribution in [-0.2, 0) is 20.7 Å². The Bertz CT molecular complexity index is 2860. The fourth-order valence-electron chi connectivity index (χ4n) is 9.07. The van der Waals surface area contributed by atoms with Crippen molar-refractivity contribution in [2.45, 2.75) is 103 Å².